The Balaban J connectivity index is 2.05. The summed E-state index contributed by atoms with van der Waals surface area (Å²) in [4.78, 5) is 16.9. The van der Waals surface area contributed by atoms with E-state index >= 15 is 0 Å². The van der Waals surface area contributed by atoms with Crippen molar-refractivity contribution >= 4 is 10.9 Å². The Bertz CT molecular complexity index is 662. The summed E-state index contributed by atoms with van der Waals surface area (Å²) in [6, 6.07) is 8.68. The summed E-state index contributed by atoms with van der Waals surface area (Å²) < 4.78 is 0. The second-order valence-electron chi connectivity index (χ2n) is 5.33. The van der Waals surface area contributed by atoms with Crippen LogP contribution in [0.15, 0.2) is 29.1 Å². The van der Waals surface area contributed by atoms with Crippen LogP contribution in [0.25, 0.3) is 10.9 Å². The molecule has 1 aliphatic rings. The molecule has 1 atom stereocenters. The highest BCUT2D eigenvalue weighted by molar-refractivity contribution is 5.79. The SMILES string of the molecule is Cc1cc2cc(C3CNCCN3C)ccc2[nH]c1=O. The molecule has 1 saturated heterocycles. The maximum atomic E-state index is 11.6. The molecule has 19 heavy (non-hydrogen) atoms. The molecule has 2 heterocycles. The number of aryl methyl sites for hydroxylation is 1. The van der Waals surface area contributed by atoms with Gasteiger partial charge in [0.25, 0.3) is 5.56 Å². The molecule has 1 fully saturated rings. The highest BCUT2D eigenvalue weighted by Gasteiger charge is 2.20. The highest BCUT2D eigenvalue weighted by atomic mass is 16.1. The molecule has 1 aliphatic heterocycles. The van der Waals surface area contributed by atoms with Gasteiger partial charge >= 0.3 is 0 Å². The van der Waals surface area contributed by atoms with Crippen molar-refractivity contribution in [2.24, 2.45) is 0 Å². The fraction of sp³-hybridized carbons (Fsp3) is 0.400. The maximum Gasteiger partial charge on any atom is 0.251 e. The van der Waals surface area contributed by atoms with E-state index in [2.05, 4.69) is 34.4 Å². The van der Waals surface area contributed by atoms with Crippen LogP contribution in [0.2, 0.25) is 0 Å². The molecule has 1 aromatic carbocycles. The molecule has 0 bridgehead atoms. The molecule has 0 radical (unpaired) electrons. The van der Waals surface area contributed by atoms with Gasteiger partial charge in [-0.1, -0.05) is 6.07 Å². The third kappa shape index (κ3) is 2.29. The second kappa shape index (κ2) is 4.79. The van der Waals surface area contributed by atoms with Gasteiger partial charge < -0.3 is 10.3 Å². The van der Waals surface area contributed by atoms with Crippen LogP contribution in [0.3, 0.4) is 0 Å². The van der Waals surface area contributed by atoms with Gasteiger partial charge in [0.05, 0.1) is 0 Å². The molecule has 1 aromatic heterocycles. The Kier molecular flexibility index (Phi) is 3.12. The lowest BCUT2D eigenvalue weighted by Crippen LogP contribution is -2.43. The number of hydrogen-bond acceptors (Lipinski definition) is 3. The number of rotatable bonds is 1. The minimum absolute atomic E-state index is 0.00305. The molecule has 0 aliphatic carbocycles. The van der Waals surface area contributed by atoms with Gasteiger partial charge in [0.1, 0.15) is 0 Å². The van der Waals surface area contributed by atoms with E-state index in [9.17, 15) is 4.79 Å². The molecule has 2 N–H and O–H groups in total. The van der Waals surface area contributed by atoms with Gasteiger partial charge in [-0.25, -0.2) is 0 Å². The first-order valence-electron chi connectivity index (χ1n) is 6.70. The van der Waals surface area contributed by atoms with Gasteiger partial charge in [-0.05, 0) is 43.1 Å². The van der Waals surface area contributed by atoms with E-state index in [1.165, 1.54) is 5.56 Å². The van der Waals surface area contributed by atoms with E-state index in [4.69, 9.17) is 0 Å². The molecule has 4 nitrogen and oxygen atoms in total. The number of nitrogens with zero attached hydrogens (tertiary/aromatic N) is 1. The van der Waals surface area contributed by atoms with Crippen molar-refractivity contribution in [3.63, 3.8) is 0 Å². The summed E-state index contributed by atoms with van der Waals surface area (Å²) in [5, 5.41) is 4.54. The van der Waals surface area contributed by atoms with E-state index in [0.717, 1.165) is 36.1 Å². The number of pyridine rings is 1. The Labute approximate surface area is 112 Å². The fourth-order valence-corrected chi connectivity index (χ4v) is 2.72. The molecule has 0 amide bonds. The van der Waals surface area contributed by atoms with Crippen LogP contribution in [0.1, 0.15) is 17.2 Å². The number of hydrogen-bond donors (Lipinski definition) is 2. The van der Waals surface area contributed by atoms with Gasteiger partial charge in [0, 0.05) is 36.8 Å². The van der Waals surface area contributed by atoms with E-state index in [1.807, 2.05) is 19.1 Å². The summed E-state index contributed by atoms with van der Waals surface area (Å²) >= 11 is 0. The number of likely N-dealkylation sites (N-methyl/N-ethyl adjacent to an activating group) is 1. The zero-order chi connectivity index (χ0) is 13.4. The number of benzene rings is 1. The molecule has 0 saturated carbocycles. The summed E-state index contributed by atoms with van der Waals surface area (Å²) in [6.07, 6.45) is 0. The van der Waals surface area contributed by atoms with Crippen molar-refractivity contribution in [1.29, 1.82) is 0 Å². The van der Waals surface area contributed by atoms with Gasteiger partial charge in [-0.3, -0.25) is 9.69 Å². The molecular formula is C15H19N3O. The van der Waals surface area contributed by atoms with Gasteiger partial charge in [-0.2, -0.15) is 0 Å². The summed E-state index contributed by atoms with van der Waals surface area (Å²) in [5.41, 5.74) is 2.97. The van der Waals surface area contributed by atoms with E-state index in [0.29, 0.717) is 6.04 Å². The molecular weight excluding hydrogens is 238 g/mol. The van der Waals surface area contributed by atoms with Crippen molar-refractivity contribution in [1.82, 2.24) is 15.2 Å². The minimum atomic E-state index is -0.00305. The Morgan fingerprint density at radius 3 is 2.95 bits per heavy atom. The monoisotopic (exact) mass is 257 g/mol. The van der Waals surface area contributed by atoms with Crippen LogP contribution in [0, 0.1) is 6.92 Å². The van der Waals surface area contributed by atoms with Crippen LogP contribution in [-0.2, 0) is 0 Å². The normalized spacial score (nSPS) is 20.8. The van der Waals surface area contributed by atoms with E-state index in [-0.39, 0.29) is 5.56 Å². The largest absolute Gasteiger partial charge is 0.322 e. The van der Waals surface area contributed by atoms with Crippen LogP contribution < -0.4 is 10.9 Å². The van der Waals surface area contributed by atoms with E-state index < -0.39 is 0 Å². The fourth-order valence-electron chi connectivity index (χ4n) is 2.72. The summed E-state index contributed by atoms with van der Waals surface area (Å²) in [7, 11) is 2.16. The molecule has 100 valence electrons. The van der Waals surface area contributed by atoms with Crippen molar-refractivity contribution in [3.05, 3.63) is 45.7 Å². The van der Waals surface area contributed by atoms with Crippen LogP contribution in [0.4, 0.5) is 0 Å². The standard InChI is InChI=1S/C15H19N3O/c1-10-7-12-8-11(3-4-13(12)17-15(10)19)14-9-16-5-6-18(14)2/h3-4,7-8,14,16H,5-6,9H2,1-2H3,(H,17,19). The van der Waals surface area contributed by atoms with Crippen LogP contribution >= 0.6 is 0 Å². The average Bonchev–Trinajstić information content (AvgIpc) is 2.40. The Morgan fingerprint density at radius 1 is 1.32 bits per heavy atom. The summed E-state index contributed by atoms with van der Waals surface area (Å²) in [5.74, 6) is 0. The van der Waals surface area contributed by atoms with E-state index in [1.54, 1.807) is 0 Å². The Morgan fingerprint density at radius 2 is 2.16 bits per heavy atom. The smallest absolute Gasteiger partial charge is 0.251 e. The molecule has 1 unspecified atom stereocenters. The molecule has 4 heteroatoms. The zero-order valence-corrected chi connectivity index (χ0v) is 11.4. The van der Waals surface area contributed by atoms with Gasteiger partial charge in [-0.15, -0.1) is 0 Å². The van der Waals surface area contributed by atoms with Crippen molar-refractivity contribution in [3.8, 4) is 0 Å². The quantitative estimate of drug-likeness (QED) is 0.812. The third-order valence-electron chi connectivity index (χ3n) is 3.95. The minimum Gasteiger partial charge on any atom is -0.322 e. The lowest BCUT2D eigenvalue weighted by molar-refractivity contribution is 0.202. The number of fused-ring (bicyclic) bond motifs is 1. The lowest BCUT2D eigenvalue weighted by Gasteiger charge is -2.33. The predicted octanol–water partition coefficient (Wildman–Crippen LogP) is 1.41. The summed E-state index contributed by atoms with van der Waals surface area (Å²) in [6.45, 7) is 4.93. The van der Waals surface area contributed by atoms with Gasteiger partial charge in [0.15, 0.2) is 0 Å². The van der Waals surface area contributed by atoms with Crippen LogP contribution in [0.5, 0.6) is 0 Å². The first-order chi connectivity index (χ1) is 9.15. The lowest BCUT2D eigenvalue weighted by atomic mass is 10.0. The molecule has 3 rings (SSSR count). The number of nitrogens with one attached hydrogen (secondary N) is 2. The first kappa shape index (κ1) is 12.4. The highest BCUT2D eigenvalue weighted by Crippen LogP contribution is 2.23. The second-order valence-corrected chi connectivity index (χ2v) is 5.33. The zero-order valence-electron chi connectivity index (χ0n) is 11.4. The number of aromatic nitrogens is 1. The predicted molar refractivity (Wildman–Crippen MR) is 77.5 cm³/mol. The Hall–Kier alpha value is -1.65. The van der Waals surface area contributed by atoms with Crippen molar-refractivity contribution in [2.45, 2.75) is 13.0 Å². The topological polar surface area (TPSA) is 48.1 Å². The number of piperazine rings is 1. The van der Waals surface area contributed by atoms with Gasteiger partial charge in [0.2, 0.25) is 0 Å². The average molecular weight is 257 g/mol. The molecule has 0 spiro atoms. The van der Waals surface area contributed by atoms with Crippen molar-refractivity contribution in [2.75, 3.05) is 26.7 Å². The van der Waals surface area contributed by atoms with Crippen molar-refractivity contribution < 1.29 is 0 Å². The first-order valence-corrected chi connectivity index (χ1v) is 6.70. The maximum absolute atomic E-state index is 11.6. The third-order valence-corrected chi connectivity index (χ3v) is 3.95. The van der Waals surface area contributed by atoms with Crippen LogP contribution in [-0.4, -0.2) is 36.6 Å². The molecule has 2 aromatic rings. The number of aromatic amines is 1. The number of H-pyrrole nitrogens is 1.